The van der Waals surface area contributed by atoms with Gasteiger partial charge in [0.2, 0.25) is 0 Å². The summed E-state index contributed by atoms with van der Waals surface area (Å²) < 4.78 is 0.940. The van der Waals surface area contributed by atoms with Gasteiger partial charge >= 0.3 is 0 Å². The molecule has 5 N–H and O–H groups in total. The lowest BCUT2D eigenvalue weighted by Crippen LogP contribution is -2.29. The first-order chi connectivity index (χ1) is 12.6. The normalized spacial score (nSPS) is 11.3. The Morgan fingerprint density at radius 2 is 1.96 bits per heavy atom. The number of carbonyl (C=O) groups excluding carboxylic acids is 1. The van der Waals surface area contributed by atoms with E-state index in [1.807, 2.05) is 42.5 Å². The summed E-state index contributed by atoms with van der Waals surface area (Å²) in [5, 5.41) is 5.38. The summed E-state index contributed by atoms with van der Waals surface area (Å²) in [7, 11) is 0. The van der Waals surface area contributed by atoms with Crippen LogP contribution in [0.1, 0.15) is 10.4 Å². The number of halogens is 2. The number of rotatable bonds is 4. The number of hydrogen-bond donors (Lipinski definition) is 4. The number of fused-ring (bicyclic) bond motifs is 2. The van der Waals surface area contributed by atoms with Crippen LogP contribution in [0.15, 0.2) is 46.9 Å². The molecule has 0 aliphatic heterocycles. The fourth-order valence-corrected chi connectivity index (χ4v) is 3.66. The molecule has 2 aromatic heterocycles. The van der Waals surface area contributed by atoms with Gasteiger partial charge in [-0.2, -0.15) is 0 Å². The van der Waals surface area contributed by atoms with Crippen molar-refractivity contribution in [2.24, 2.45) is 5.73 Å². The molecule has 0 spiro atoms. The summed E-state index contributed by atoms with van der Waals surface area (Å²) in [5.74, 6) is -0.157. The Bertz CT molecular complexity index is 1130. The van der Waals surface area contributed by atoms with Crippen molar-refractivity contribution in [1.29, 1.82) is 0 Å². The zero-order chi connectivity index (χ0) is 18.3. The summed E-state index contributed by atoms with van der Waals surface area (Å²) in [6.07, 6.45) is 0. The number of H-pyrrole nitrogens is 2. The molecular formula is C19H16BrClN4O. The summed E-state index contributed by atoms with van der Waals surface area (Å²) in [5.41, 5.74) is 9.52. The first-order valence-corrected chi connectivity index (χ1v) is 9.32. The summed E-state index contributed by atoms with van der Waals surface area (Å²) in [4.78, 5) is 19.5. The molecule has 7 heteroatoms. The SMILES string of the molecule is NCCNC(=O)c1c(-c2cc3cc(Cl)ccc3[nH]2)[nH]c2cc(Br)ccc12. The zero-order valence-electron chi connectivity index (χ0n) is 13.7. The van der Waals surface area contributed by atoms with Crippen LogP contribution in [0.4, 0.5) is 0 Å². The topological polar surface area (TPSA) is 86.7 Å². The van der Waals surface area contributed by atoms with Gasteiger partial charge in [-0.25, -0.2) is 0 Å². The monoisotopic (exact) mass is 430 g/mol. The lowest BCUT2D eigenvalue weighted by molar-refractivity contribution is 0.0957. The van der Waals surface area contributed by atoms with E-state index in [9.17, 15) is 4.79 Å². The highest BCUT2D eigenvalue weighted by Gasteiger charge is 2.21. The van der Waals surface area contributed by atoms with E-state index >= 15 is 0 Å². The average molecular weight is 432 g/mol. The highest BCUT2D eigenvalue weighted by atomic mass is 79.9. The number of nitrogens with two attached hydrogens (primary N) is 1. The minimum Gasteiger partial charge on any atom is -0.353 e. The van der Waals surface area contributed by atoms with E-state index < -0.39 is 0 Å². The Balaban J connectivity index is 1.93. The third-order valence-electron chi connectivity index (χ3n) is 4.27. The quantitative estimate of drug-likeness (QED) is 0.385. The first kappa shape index (κ1) is 17.1. The van der Waals surface area contributed by atoms with Crippen LogP contribution < -0.4 is 11.1 Å². The van der Waals surface area contributed by atoms with Crippen molar-refractivity contribution in [2.75, 3.05) is 13.1 Å². The molecule has 2 heterocycles. The molecule has 0 aliphatic carbocycles. The third kappa shape index (κ3) is 3.00. The van der Waals surface area contributed by atoms with Gasteiger partial charge in [-0.1, -0.05) is 33.6 Å². The molecule has 0 saturated heterocycles. The molecule has 1 amide bonds. The second-order valence-electron chi connectivity index (χ2n) is 6.02. The Kier molecular flexibility index (Phi) is 4.48. The number of hydrogen-bond acceptors (Lipinski definition) is 2. The molecule has 0 saturated carbocycles. The van der Waals surface area contributed by atoms with Crippen molar-refractivity contribution in [3.63, 3.8) is 0 Å². The van der Waals surface area contributed by atoms with Crippen molar-refractivity contribution >= 4 is 55.2 Å². The molecule has 0 atom stereocenters. The average Bonchev–Trinajstić information content (AvgIpc) is 3.19. The minimum atomic E-state index is -0.157. The minimum absolute atomic E-state index is 0.157. The van der Waals surface area contributed by atoms with Crippen LogP contribution in [0, 0.1) is 0 Å². The van der Waals surface area contributed by atoms with E-state index in [2.05, 4.69) is 31.2 Å². The maximum atomic E-state index is 12.8. The number of aromatic nitrogens is 2. The fraction of sp³-hybridized carbons (Fsp3) is 0.105. The van der Waals surface area contributed by atoms with E-state index in [1.54, 1.807) is 0 Å². The number of benzene rings is 2. The molecule has 2 aromatic carbocycles. The molecule has 26 heavy (non-hydrogen) atoms. The maximum Gasteiger partial charge on any atom is 0.254 e. The van der Waals surface area contributed by atoms with E-state index in [-0.39, 0.29) is 5.91 Å². The Hall–Kier alpha value is -2.28. The molecule has 0 aliphatic rings. The number of amides is 1. The van der Waals surface area contributed by atoms with Gasteiger partial charge in [0, 0.05) is 44.4 Å². The summed E-state index contributed by atoms with van der Waals surface area (Å²) in [6, 6.07) is 13.4. The predicted octanol–water partition coefficient (Wildman–Crippen LogP) is 4.42. The number of aromatic amines is 2. The molecule has 0 radical (unpaired) electrons. The van der Waals surface area contributed by atoms with Crippen molar-refractivity contribution in [2.45, 2.75) is 0 Å². The van der Waals surface area contributed by atoms with Crippen LogP contribution in [0.2, 0.25) is 5.02 Å². The lowest BCUT2D eigenvalue weighted by atomic mass is 10.1. The maximum absolute atomic E-state index is 12.8. The Morgan fingerprint density at radius 3 is 2.77 bits per heavy atom. The molecule has 4 rings (SSSR count). The molecule has 0 fully saturated rings. The molecule has 5 nitrogen and oxygen atoms in total. The number of carbonyl (C=O) groups is 1. The van der Waals surface area contributed by atoms with Crippen molar-refractivity contribution in [1.82, 2.24) is 15.3 Å². The highest BCUT2D eigenvalue weighted by Crippen LogP contribution is 2.33. The van der Waals surface area contributed by atoms with E-state index in [0.717, 1.165) is 37.7 Å². The molecule has 0 unspecified atom stereocenters. The van der Waals surface area contributed by atoms with Gasteiger partial charge in [0.1, 0.15) is 0 Å². The highest BCUT2D eigenvalue weighted by molar-refractivity contribution is 9.10. The van der Waals surface area contributed by atoms with Gasteiger partial charge in [-0.15, -0.1) is 0 Å². The predicted molar refractivity (Wildman–Crippen MR) is 110 cm³/mol. The van der Waals surface area contributed by atoms with E-state index in [1.165, 1.54) is 0 Å². The molecule has 132 valence electrons. The van der Waals surface area contributed by atoms with Crippen LogP contribution in [-0.2, 0) is 0 Å². The van der Waals surface area contributed by atoms with E-state index in [4.69, 9.17) is 17.3 Å². The zero-order valence-corrected chi connectivity index (χ0v) is 16.0. The van der Waals surface area contributed by atoms with Gasteiger partial charge in [-0.05, 0) is 36.4 Å². The van der Waals surface area contributed by atoms with Gasteiger partial charge in [0.05, 0.1) is 17.0 Å². The molecule has 4 aromatic rings. The summed E-state index contributed by atoms with van der Waals surface area (Å²) in [6.45, 7) is 0.809. The second-order valence-corrected chi connectivity index (χ2v) is 7.38. The lowest BCUT2D eigenvalue weighted by Gasteiger charge is -2.05. The van der Waals surface area contributed by atoms with Crippen LogP contribution in [0.25, 0.3) is 33.2 Å². The van der Waals surface area contributed by atoms with Crippen LogP contribution in [0.3, 0.4) is 0 Å². The Labute approximate surface area is 163 Å². The Morgan fingerprint density at radius 1 is 1.12 bits per heavy atom. The van der Waals surface area contributed by atoms with Crippen molar-refractivity contribution in [3.8, 4) is 11.4 Å². The van der Waals surface area contributed by atoms with Gasteiger partial charge in [0.25, 0.3) is 5.91 Å². The van der Waals surface area contributed by atoms with E-state index in [0.29, 0.717) is 23.7 Å². The largest absolute Gasteiger partial charge is 0.353 e. The van der Waals surface area contributed by atoms with Crippen molar-refractivity contribution < 1.29 is 4.79 Å². The number of nitrogens with one attached hydrogen (secondary N) is 3. The van der Waals surface area contributed by atoms with Gasteiger partial charge < -0.3 is 21.0 Å². The van der Waals surface area contributed by atoms with Crippen molar-refractivity contribution in [3.05, 3.63) is 57.5 Å². The summed E-state index contributed by atoms with van der Waals surface area (Å²) >= 11 is 9.57. The van der Waals surface area contributed by atoms with Crippen LogP contribution in [-0.4, -0.2) is 29.0 Å². The standard InChI is InChI=1S/C19H16BrClN4O/c20-11-1-3-13-15(9-11)25-18(17(13)19(26)23-6-5-22)16-8-10-7-12(21)2-4-14(10)24-16/h1-4,7-9,24-25H,5-6,22H2,(H,23,26). The first-order valence-electron chi connectivity index (χ1n) is 8.15. The second kappa shape index (κ2) is 6.79. The van der Waals surface area contributed by atoms with Gasteiger partial charge in [-0.3, -0.25) is 4.79 Å². The third-order valence-corrected chi connectivity index (χ3v) is 5.00. The molecule has 0 bridgehead atoms. The van der Waals surface area contributed by atoms with Gasteiger partial charge in [0.15, 0.2) is 0 Å². The fourth-order valence-electron chi connectivity index (χ4n) is 3.12. The smallest absolute Gasteiger partial charge is 0.254 e. The van der Waals surface area contributed by atoms with Crippen LogP contribution >= 0.6 is 27.5 Å². The molecular weight excluding hydrogens is 416 g/mol. The van der Waals surface area contributed by atoms with Crippen LogP contribution in [0.5, 0.6) is 0 Å².